The Morgan fingerprint density at radius 3 is 2.25 bits per heavy atom. The van der Waals surface area contributed by atoms with Crippen LogP contribution in [0.3, 0.4) is 0 Å². The molecule has 0 aromatic rings. The van der Waals surface area contributed by atoms with Gasteiger partial charge in [0, 0.05) is 12.3 Å². The number of carbonyl (C=O) groups is 2. The van der Waals surface area contributed by atoms with Crippen LogP contribution in [-0.4, -0.2) is 32.3 Å². The smallest absolute Gasteiger partial charge is 0.311 e. The van der Waals surface area contributed by atoms with Gasteiger partial charge >= 0.3 is 5.97 Å². The van der Waals surface area contributed by atoms with Gasteiger partial charge in [-0.2, -0.15) is 0 Å². The molecule has 0 aromatic heterocycles. The van der Waals surface area contributed by atoms with Crippen molar-refractivity contribution in [1.29, 1.82) is 0 Å². The van der Waals surface area contributed by atoms with Crippen LogP contribution in [-0.2, 0) is 18.8 Å². The Kier molecular flexibility index (Phi) is 6.61. The summed E-state index contributed by atoms with van der Waals surface area (Å²) < 4.78 is 12.1. The molecule has 0 aromatic carbocycles. The second kappa shape index (κ2) is 7.52. The fourth-order valence-corrected chi connectivity index (χ4v) is 4.15. The summed E-state index contributed by atoms with van der Waals surface area (Å²) in [7, 11) is -2.01. The van der Waals surface area contributed by atoms with Crippen molar-refractivity contribution in [3.63, 3.8) is 0 Å². The lowest BCUT2D eigenvalue weighted by atomic mass is 9.84. The molecule has 1 aliphatic rings. The lowest BCUT2D eigenvalue weighted by Crippen LogP contribution is -2.54. The molecule has 1 rings (SSSR count). The van der Waals surface area contributed by atoms with Crippen molar-refractivity contribution in [3.05, 3.63) is 11.6 Å². The number of hydrogen-bond donors (Lipinski definition) is 0. The molecular formula is C19H34O4Si. The second-order valence-electron chi connectivity index (χ2n) is 8.86. The average molecular weight is 355 g/mol. The van der Waals surface area contributed by atoms with Crippen molar-refractivity contribution >= 4 is 20.1 Å². The van der Waals surface area contributed by atoms with Crippen LogP contribution < -0.4 is 0 Å². The molecule has 1 fully saturated rings. The lowest BCUT2D eigenvalue weighted by Gasteiger charge is -2.46. The Morgan fingerprint density at radius 1 is 1.25 bits per heavy atom. The van der Waals surface area contributed by atoms with E-state index in [1.165, 1.54) is 0 Å². The van der Waals surface area contributed by atoms with Crippen molar-refractivity contribution in [2.75, 3.05) is 0 Å². The molecule has 0 spiro atoms. The van der Waals surface area contributed by atoms with E-state index in [0.29, 0.717) is 0 Å². The molecule has 0 unspecified atom stereocenters. The van der Waals surface area contributed by atoms with Crippen LogP contribution in [0.5, 0.6) is 0 Å². The zero-order chi connectivity index (χ0) is 18.9. The standard InChI is InChI=1S/C19H34O4Si/c1-12(2)10-15(20)11-16-13(3)17(14(4)18(21)22-16)23-24(8,9)19(5,6)7/h10,13-14,16-17H,11H2,1-9H3/t13-,14+,16-,17-/m0/s1. The van der Waals surface area contributed by atoms with Crippen LogP contribution in [0.15, 0.2) is 11.6 Å². The Hall–Kier alpha value is -0.943. The normalized spacial score (nSPS) is 28.3. The number of carbonyl (C=O) groups excluding carboxylic acids is 2. The third-order valence-electron chi connectivity index (χ3n) is 5.33. The number of ketones is 1. The quantitative estimate of drug-likeness (QED) is 0.414. The maximum atomic E-state index is 12.3. The van der Waals surface area contributed by atoms with E-state index in [0.717, 1.165) is 5.57 Å². The van der Waals surface area contributed by atoms with Gasteiger partial charge in [0.15, 0.2) is 14.1 Å². The van der Waals surface area contributed by atoms with Crippen molar-refractivity contribution in [2.45, 2.75) is 85.2 Å². The molecular weight excluding hydrogens is 320 g/mol. The van der Waals surface area contributed by atoms with E-state index in [9.17, 15) is 9.59 Å². The third-order valence-corrected chi connectivity index (χ3v) is 9.80. The summed E-state index contributed by atoms with van der Waals surface area (Å²) >= 11 is 0. The molecule has 138 valence electrons. The number of rotatable bonds is 5. The van der Waals surface area contributed by atoms with E-state index < -0.39 is 14.4 Å². The summed E-state index contributed by atoms with van der Waals surface area (Å²) in [6.07, 6.45) is 1.23. The predicted molar refractivity (Wildman–Crippen MR) is 99.3 cm³/mol. The minimum Gasteiger partial charge on any atom is -0.461 e. The first-order valence-electron chi connectivity index (χ1n) is 8.82. The van der Waals surface area contributed by atoms with Gasteiger partial charge in [0.1, 0.15) is 6.10 Å². The first kappa shape index (κ1) is 21.1. The van der Waals surface area contributed by atoms with Gasteiger partial charge in [-0.15, -0.1) is 0 Å². The van der Waals surface area contributed by atoms with Gasteiger partial charge in [0.25, 0.3) is 0 Å². The summed E-state index contributed by atoms with van der Waals surface area (Å²) in [6.45, 7) is 18.6. The molecule has 0 saturated carbocycles. The van der Waals surface area contributed by atoms with E-state index >= 15 is 0 Å². The summed E-state index contributed by atoms with van der Waals surface area (Å²) in [5, 5.41) is 0.0706. The topological polar surface area (TPSA) is 52.6 Å². The summed E-state index contributed by atoms with van der Waals surface area (Å²) in [4.78, 5) is 24.4. The van der Waals surface area contributed by atoms with Crippen LogP contribution in [0.25, 0.3) is 0 Å². The maximum absolute atomic E-state index is 12.3. The Balaban J connectivity index is 2.97. The molecule has 1 heterocycles. The maximum Gasteiger partial charge on any atom is 0.311 e. The Morgan fingerprint density at radius 2 is 1.79 bits per heavy atom. The fourth-order valence-electron chi connectivity index (χ4n) is 2.70. The minimum absolute atomic E-state index is 0.000259. The van der Waals surface area contributed by atoms with Crippen LogP contribution in [0.2, 0.25) is 18.1 Å². The average Bonchev–Trinajstić information content (AvgIpc) is 2.38. The van der Waals surface area contributed by atoms with Gasteiger partial charge in [0.05, 0.1) is 12.0 Å². The highest BCUT2D eigenvalue weighted by molar-refractivity contribution is 6.74. The number of esters is 1. The summed E-state index contributed by atoms with van der Waals surface area (Å²) in [5.74, 6) is -0.558. The molecule has 4 nitrogen and oxygen atoms in total. The van der Waals surface area contributed by atoms with E-state index in [1.807, 2.05) is 27.7 Å². The molecule has 0 N–H and O–H groups in total. The summed E-state index contributed by atoms with van der Waals surface area (Å²) in [6, 6.07) is 0. The molecule has 4 atom stereocenters. The molecule has 24 heavy (non-hydrogen) atoms. The van der Waals surface area contributed by atoms with Crippen LogP contribution in [0.4, 0.5) is 0 Å². The van der Waals surface area contributed by atoms with Crippen molar-refractivity contribution in [1.82, 2.24) is 0 Å². The van der Waals surface area contributed by atoms with Crippen molar-refractivity contribution in [2.24, 2.45) is 11.8 Å². The molecule has 0 aliphatic carbocycles. The summed E-state index contributed by atoms with van der Waals surface area (Å²) in [5.41, 5.74) is 0.956. The highest BCUT2D eigenvalue weighted by Crippen LogP contribution is 2.41. The molecule has 1 aliphatic heterocycles. The van der Waals surface area contributed by atoms with E-state index in [2.05, 4.69) is 33.9 Å². The highest BCUT2D eigenvalue weighted by Gasteiger charge is 2.47. The van der Waals surface area contributed by atoms with Gasteiger partial charge in [-0.1, -0.05) is 33.3 Å². The largest absolute Gasteiger partial charge is 0.461 e. The number of ether oxygens (including phenoxy) is 1. The number of allylic oxidation sites excluding steroid dienone is 2. The van der Waals surface area contributed by atoms with Crippen LogP contribution in [0, 0.1) is 11.8 Å². The molecule has 0 radical (unpaired) electrons. The van der Waals surface area contributed by atoms with Crippen LogP contribution >= 0.6 is 0 Å². The van der Waals surface area contributed by atoms with Gasteiger partial charge in [0.2, 0.25) is 0 Å². The monoisotopic (exact) mass is 354 g/mol. The van der Waals surface area contributed by atoms with E-state index in [4.69, 9.17) is 9.16 Å². The van der Waals surface area contributed by atoms with Gasteiger partial charge in [-0.25, -0.2) is 0 Å². The van der Waals surface area contributed by atoms with Gasteiger partial charge in [-0.3, -0.25) is 9.59 Å². The number of cyclic esters (lactones) is 1. The van der Waals surface area contributed by atoms with E-state index in [1.54, 1.807) is 6.08 Å². The fraction of sp³-hybridized carbons (Fsp3) is 0.789. The van der Waals surface area contributed by atoms with Gasteiger partial charge in [-0.05, 0) is 45.0 Å². The zero-order valence-electron chi connectivity index (χ0n) is 16.7. The molecule has 5 heteroatoms. The van der Waals surface area contributed by atoms with Crippen molar-refractivity contribution in [3.8, 4) is 0 Å². The van der Waals surface area contributed by atoms with Gasteiger partial charge < -0.3 is 9.16 Å². The SMILES string of the molecule is CC(C)=CC(=O)C[C@@H]1OC(=O)[C@H](C)[C@@H](O[Si](C)(C)C(C)(C)C)[C@H]1C. The first-order chi connectivity index (χ1) is 10.8. The second-order valence-corrected chi connectivity index (χ2v) is 13.6. The Bertz CT molecular complexity index is 512. The Labute approximate surface area is 148 Å². The minimum atomic E-state index is -2.01. The third kappa shape index (κ3) is 5.03. The molecule has 0 amide bonds. The first-order valence-corrected chi connectivity index (χ1v) is 11.7. The lowest BCUT2D eigenvalue weighted by molar-refractivity contribution is -0.176. The predicted octanol–water partition coefficient (Wildman–Crippen LogP) is 4.50. The van der Waals surface area contributed by atoms with E-state index in [-0.39, 0.29) is 41.2 Å². The van der Waals surface area contributed by atoms with Crippen LogP contribution in [0.1, 0.15) is 54.9 Å². The number of hydrogen-bond acceptors (Lipinski definition) is 4. The highest BCUT2D eigenvalue weighted by atomic mass is 28.4. The zero-order valence-corrected chi connectivity index (χ0v) is 17.7. The molecule has 0 bridgehead atoms. The molecule has 1 saturated heterocycles. The van der Waals surface area contributed by atoms with Crippen molar-refractivity contribution < 1.29 is 18.8 Å².